The van der Waals surface area contributed by atoms with Gasteiger partial charge in [-0.25, -0.2) is 0 Å². The molecular formula is C20H27NO2. The van der Waals surface area contributed by atoms with Crippen molar-refractivity contribution >= 4 is 5.78 Å². The van der Waals surface area contributed by atoms with Crippen molar-refractivity contribution in [3.05, 3.63) is 11.6 Å². The van der Waals surface area contributed by atoms with Gasteiger partial charge in [0.2, 0.25) is 0 Å². The van der Waals surface area contributed by atoms with Crippen LogP contribution in [0.2, 0.25) is 0 Å². The van der Waals surface area contributed by atoms with E-state index in [1.165, 1.54) is 5.57 Å². The van der Waals surface area contributed by atoms with Crippen molar-refractivity contribution < 1.29 is 9.90 Å². The van der Waals surface area contributed by atoms with E-state index < -0.39 is 5.92 Å². The Morgan fingerprint density at radius 3 is 2.74 bits per heavy atom. The highest BCUT2D eigenvalue weighted by Gasteiger charge is 2.59. The van der Waals surface area contributed by atoms with Crippen molar-refractivity contribution in [3.63, 3.8) is 0 Å². The molecule has 3 fully saturated rings. The second-order valence-electron chi connectivity index (χ2n) is 8.93. The first-order valence-electron chi connectivity index (χ1n) is 9.23. The van der Waals surface area contributed by atoms with E-state index in [2.05, 4.69) is 19.9 Å². The number of aliphatic hydroxyl groups excluding tert-OH is 1. The third-order valence-corrected chi connectivity index (χ3v) is 8.13. The molecule has 1 N–H and O–H groups in total. The highest BCUT2D eigenvalue weighted by molar-refractivity contribution is 5.95. The van der Waals surface area contributed by atoms with E-state index in [0.717, 1.165) is 38.5 Å². The molecule has 0 radical (unpaired) electrons. The molecule has 23 heavy (non-hydrogen) atoms. The zero-order valence-electron chi connectivity index (χ0n) is 14.2. The first-order chi connectivity index (χ1) is 10.9. The fourth-order valence-corrected chi connectivity index (χ4v) is 6.73. The van der Waals surface area contributed by atoms with Crippen LogP contribution < -0.4 is 0 Å². The number of allylic oxidation sites excluding steroid dienone is 1. The van der Waals surface area contributed by atoms with Crippen LogP contribution in [0.25, 0.3) is 0 Å². The molecule has 4 rings (SSSR count). The number of rotatable bonds is 0. The second kappa shape index (κ2) is 4.93. The molecule has 7 atom stereocenters. The Labute approximate surface area is 138 Å². The molecule has 0 aromatic carbocycles. The summed E-state index contributed by atoms with van der Waals surface area (Å²) in [4.78, 5) is 12.1. The number of fused-ring (bicyclic) bond motifs is 5. The van der Waals surface area contributed by atoms with Gasteiger partial charge in [-0.15, -0.1) is 0 Å². The predicted molar refractivity (Wildman–Crippen MR) is 87.2 cm³/mol. The molecule has 0 aliphatic heterocycles. The van der Waals surface area contributed by atoms with Crippen LogP contribution in [-0.4, -0.2) is 17.0 Å². The van der Waals surface area contributed by atoms with E-state index in [0.29, 0.717) is 24.2 Å². The molecule has 124 valence electrons. The Morgan fingerprint density at radius 1 is 1.22 bits per heavy atom. The molecule has 0 aromatic rings. The maximum atomic E-state index is 12.1. The van der Waals surface area contributed by atoms with Crippen molar-refractivity contribution in [2.45, 2.75) is 64.9 Å². The lowest BCUT2D eigenvalue weighted by molar-refractivity contribution is -0.121. The number of nitrogens with zero attached hydrogens (tertiary/aromatic N) is 1. The minimum absolute atomic E-state index is 0.0199. The van der Waals surface area contributed by atoms with Gasteiger partial charge < -0.3 is 5.11 Å². The SMILES string of the molecule is C[C@]12CC[C@H]3[C@@H](CCC4=CC(=O)C(C#N)C[C@@]43C)[C@@H]1CC[C@@H]2O. The van der Waals surface area contributed by atoms with Crippen molar-refractivity contribution in [1.82, 2.24) is 0 Å². The molecule has 1 unspecified atom stereocenters. The van der Waals surface area contributed by atoms with E-state index in [1.54, 1.807) is 0 Å². The van der Waals surface area contributed by atoms with Gasteiger partial charge in [0.05, 0.1) is 12.2 Å². The van der Waals surface area contributed by atoms with E-state index in [9.17, 15) is 15.2 Å². The lowest BCUT2D eigenvalue weighted by Crippen LogP contribution is -2.52. The molecule has 0 heterocycles. The van der Waals surface area contributed by atoms with Gasteiger partial charge in [-0.05, 0) is 79.6 Å². The molecule has 0 bridgehead atoms. The van der Waals surface area contributed by atoms with Crippen molar-refractivity contribution in [2.24, 2.45) is 34.5 Å². The van der Waals surface area contributed by atoms with Gasteiger partial charge in [-0.2, -0.15) is 5.26 Å². The van der Waals surface area contributed by atoms with Crippen molar-refractivity contribution in [1.29, 1.82) is 5.26 Å². The first-order valence-corrected chi connectivity index (χ1v) is 9.23. The number of carbonyl (C=O) groups excluding carboxylic acids is 1. The quantitative estimate of drug-likeness (QED) is 0.743. The molecule has 0 aromatic heterocycles. The standard InChI is InChI=1S/C20H27NO2/c1-19-8-7-16-14(15(19)5-6-18(19)23)4-3-13-9-17(22)12(11-21)10-20(13,16)2/h9,12,14-16,18,23H,3-8,10H2,1-2H3/t12?,14-,15-,16-,18-,19-,20-/m0/s1. The summed E-state index contributed by atoms with van der Waals surface area (Å²) in [6.07, 6.45) is 8.86. The summed E-state index contributed by atoms with van der Waals surface area (Å²) in [6, 6.07) is 2.23. The van der Waals surface area contributed by atoms with Crippen molar-refractivity contribution in [2.75, 3.05) is 0 Å². The normalized spacial score (nSPS) is 52.0. The number of ketones is 1. The Bertz CT molecular complexity index is 618. The average Bonchev–Trinajstić information content (AvgIpc) is 2.83. The zero-order valence-corrected chi connectivity index (χ0v) is 14.2. The van der Waals surface area contributed by atoms with Gasteiger partial charge in [0.1, 0.15) is 5.92 Å². The van der Waals surface area contributed by atoms with Crippen LogP contribution in [0, 0.1) is 45.8 Å². The number of aliphatic hydroxyl groups is 1. The zero-order chi connectivity index (χ0) is 16.4. The Balaban J connectivity index is 1.70. The highest BCUT2D eigenvalue weighted by Crippen LogP contribution is 2.65. The highest BCUT2D eigenvalue weighted by atomic mass is 16.3. The fraction of sp³-hybridized carbons (Fsp3) is 0.800. The minimum atomic E-state index is -0.454. The van der Waals surface area contributed by atoms with Gasteiger partial charge in [0.25, 0.3) is 0 Å². The van der Waals surface area contributed by atoms with Crippen LogP contribution in [0.15, 0.2) is 11.6 Å². The maximum absolute atomic E-state index is 12.1. The van der Waals surface area contributed by atoms with E-state index in [4.69, 9.17) is 0 Å². The van der Waals surface area contributed by atoms with Crippen LogP contribution in [-0.2, 0) is 4.79 Å². The molecule has 0 amide bonds. The summed E-state index contributed by atoms with van der Waals surface area (Å²) in [5, 5.41) is 19.8. The van der Waals surface area contributed by atoms with Crippen LogP contribution >= 0.6 is 0 Å². The van der Waals surface area contributed by atoms with Crippen molar-refractivity contribution in [3.8, 4) is 6.07 Å². The minimum Gasteiger partial charge on any atom is -0.393 e. The van der Waals surface area contributed by atoms with Gasteiger partial charge in [-0.1, -0.05) is 19.4 Å². The van der Waals surface area contributed by atoms with Crippen LogP contribution in [0.1, 0.15) is 58.8 Å². The fourth-order valence-electron chi connectivity index (χ4n) is 6.73. The first kappa shape index (κ1) is 15.4. The number of hydrogen-bond donors (Lipinski definition) is 1. The summed E-state index contributed by atoms with van der Waals surface area (Å²) in [6.45, 7) is 4.60. The number of nitriles is 1. The molecule has 4 aliphatic carbocycles. The Kier molecular flexibility index (Phi) is 3.30. The van der Waals surface area contributed by atoms with Crippen LogP contribution in [0.4, 0.5) is 0 Å². The third kappa shape index (κ3) is 1.94. The van der Waals surface area contributed by atoms with Gasteiger partial charge in [-0.3, -0.25) is 4.79 Å². The summed E-state index contributed by atoms with van der Waals surface area (Å²) in [7, 11) is 0. The molecule has 3 heteroatoms. The van der Waals surface area contributed by atoms with Crippen LogP contribution in [0.5, 0.6) is 0 Å². The monoisotopic (exact) mass is 313 g/mol. The summed E-state index contributed by atoms with van der Waals surface area (Å²) in [5.74, 6) is 1.42. The van der Waals surface area contributed by atoms with E-state index in [1.807, 2.05) is 6.08 Å². The molecule has 0 spiro atoms. The summed E-state index contributed by atoms with van der Waals surface area (Å²) >= 11 is 0. The second-order valence-corrected chi connectivity index (χ2v) is 8.93. The third-order valence-electron chi connectivity index (χ3n) is 8.13. The van der Waals surface area contributed by atoms with Gasteiger partial charge in [0, 0.05) is 0 Å². The number of hydrogen-bond acceptors (Lipinski definition) is 3. The lowest BCUT2D eigenvalue weighted by atomic mass is 9.46. The molecule has 0 saturated heterocycles. The summed E-state index contributed by atoms with van der Waals surface area (Å²) < 4.78 is 0. The Hall–Kier alpha value is -1.14. The molecule has 4 aliphatic rings. The maximum Gasteiger partial charge on any atom is 0.172 e. The predicted octanol–water partition coefficient (Wildman–Crippen LogP) is 3.63. The average molecular weight is 313 g/mol. The largest absolute Gasteiger partial charge is 0.393 e. The van der Waals surface area contributed by atoms with Crippen LogP contribution in [0.3, 0.4) is 0 Å². The topological polar surface area (TPSA) is 61.1 Å². The van der Waals surface area contributed by atoms with E-state index in [-0.39, 0.29) is 22.7 Å². The van der Waals surface area contributed by atoms with Gasteiger partial charge in [0.15, 0.2) is 5.78 Å². The molecular weight excluding hydrogens is 286 g/mol. The number of carbonyl (C=O) groups is 1. The van der Waals surface area contributed by atoms with E-state index >= 15 is 0 Å². The molecule has 3 saturated carbocycles. The van der Waals surface area contributed by atoms with Gasteiger partial charge >= 0.3 is 0 Å². The Morgan fingerprint density at radius 2 is 2.00 bits per heavy atom. The smallest absolute Gasteiger partial charge is 0.172 e. The molecule has 3 nitrogen and oxygen atoms in total. The summed E-state index contributed by atoms with van der Waals surface area (Å²) in [5.41, 5.74) is 1.42. The lowest BCUT2D eigenvalue weighted by Gasteiger charge is -2.58.